The number of carbonyl (C=O) groups is 1. The van der Waals surface area contributed by atoms with E-state index in [9.17, 15) is 4.79 Å². The molecule has 0 heterocycles. The molecule has 0 aromatic carbocycles. The molecule has 0 aliphatic carbocycles. The van der Waals surface area contributed by atoms with Crippen molar-refractivity contribution in [3.8, 4) is 6.07 Å². The normalized spacial score (nSPS) is 15.7. The van der Waals surface area contributed by atoms with Gasteiger partial charge in [0.05, 0.1) is 6.07 Å². The van der Waals surface area contributed by atoms with Crippen molar-refractivity contribution in [3.05, 3.63) is 0 Å². The molecule has 0 aliphatic rings. The van der Waals surface area contributed by atoms with Gasteiger partial charge in [0, 0.05) is 0 Å². The van der Waals surface area contributed by atoms with E-state index in [-0.39, 0.29) is 11.3 Å². The number of carbonyl (C=O) groups excluding carboxylic acids is 1. The standard InChI is InChI=1S/C9H15ClN2O/c1-6(10)8(13)12-7(5-11)9(2,3)4/h6-7H,1-4H3,(H,12,13). The number of rotatable bonds is 2. The fraction of sp³-hybridized carbons (Fsp3) is 0.778. The molecule has 13 heavy (non-hydrogen) atoms. The zero-order valence-electron chi connectivity index (χ0n) is 8.39. The van der Waals surface area contributed by atoms with Gasteiger partial charge in [-0.25, -0.2) is 0 Å². The first-order valence-corrected chi connectivity index (χ1v) is 4.56. The highest BCUT2D eigenvalue weighted by molar-refractivity contribution is 6.30. The van der Waals surface area contributed by atoms with Crippen molar-refractivity contribution in [2.75, 3.05) is 0 Å². The molecule has 2 unspecified atom stereocenters. The van der Waals surface area contributed by atoms with Crippen LogP contribution in [0.4, 0.5) is 0 Å². The van der Waals surface area contributed by atoms with Crippen LogP contribution in [0.25, 0.3) is 0 Å². The number of amides is 1. The minimum atomic E-state index is -0.599. The lowest BCUT2D eigenvalue weighted by Gasteiger charge is -2.25. The van der Waals surface area contributed by atoms with Crippen LogP contribution in [-0.4, -0.2) is 17.3 Å². The van der Waals surface area contributed by atoms with E-state index in [1.54, 1.807) is 6.92 Å². The SMILES string of the molecule is CC(Cl)C(=O)NC(C#N)C(C)(C)C. The molecule has 0 aliphatic heterocycles. The van der Waals surface area contributed by atoms with Gasteiger partial charge in [0.2, 0.25) is 5.91 Å². The number of nitrogens with zero attached hydrogens (tertiary/aromatic N) is 1. The molecule has 0 saturated carbocycles. The Kier molecular flexibility index (Phi) is 4.22. The summed E-state index contributed by atoms with van der Waals surface area (Å²) in [5.74, 6) is -0.303. The lowest BCUT2D eigenvalue weighted by molar-refractivity contribution is -0.121. The predicted octanol–water partition coefficient (Wildman–Crippen LogP) is 1.67. The predicted molar refractivity (Wildman–Crippen MR) is 52.3 cm³/mol. The van der Waals surface area contributed by atoms with Crippen LogP contribution in [0.15, 0.2) is 0 Å². The summed E-state index contributed by atoms with van der Waals surface area (Å²) < 4.78 is 0. The summed E-state index contributed by atoms with van der Waals surface area (Å²) in [6, 6.07) is 1.54. The molecule has 0 spiro atoms. The highest BCUT2D eigenvalue weighted by Crippen LogP contribution is 2.18. The maximum Gasteiger partial charge on any atom is 0.238 e. The highest BCUT2D eigenvalue weighted by Gasteiger charge is 2.26. The van der Waals surface area contributed by atoms with Gasteiger partial charge in [-0.1, -0.05) is 20.8 Å². The molecular formula is C9H15ClN2O. The summed E-state index contributed by atoms with van der Waals surface area (Å²) in [6.45, 7) is 7.24. The van der Waals surface area contributed by atoms with Crippen LogP contribution in [0.1, 0.15) is 27.7 Å². The second kappa shape index (κ2) is 4.48. The Labute approximate surface area is 84.1 Å². The van der Waals surface area contributed by atoms with Crippen LogP contribution in [0.2, 0.25) is 0 Å². The van der Waals surface area contributed by atoms with E-state index in [0.717, 1.165) is 0 Å². The first kappa shape index (κ1) is 12.2. The average molecular weight is 203 g/mol. The minimum Gasteiger partial charge on any atom is -0.339 e. The molecule has 4 heteroatoms. The third-order valence-electron chi connectivity index (χ3n) is 1.64. The maximum absolute atomic E-state index is 11.2. The summed E-state index contributed by atoms with van der Waals surface area (Å²) in [5, 5.41) is 10.8. The third kappa shape index (κ3) is 4.14. The second-order valence-electron chi connectivity index (χ2n) is 4.05. The first-order valence-electron chi connectivity index (χ1n) is 4.13. The van der Waals surface area contributed by atoms with Gasteiger partial charge in [-0.2, -0.15) is 5.26 Å². The molecule has 0 rings (SSSR count). The molecule has 0 aromatic rings. The minimum absolute atomic E-state index is 0.268. The lowest BCUT2D eigenvalue weighted by atomic mass is 9.87. The summed E-state index contributed by atoms with van der Waals surface area (Å²) in [6.07, 6.45) is 0. The summed E-state index contributed by atoms with van der Waals surface area (Å²) >= 11 is 5.56. The Hall–Kier alpha value is -0.750. The van der Waals surface area contributed by atoms with Crippen molar-refractivity contribution in [1.82, 2.24) is 5.32 Å². The number of nitriles is 1. The molecule has 74 valence electrons. The van der Waals surface area contributed by atoms with Crippen molar-refractivity contribution < 1.29 is 4.79 Å². The van der Waals surface area contributed by atoms with Gasteiger partial charge in [-0.05, 0) is 12.3 Å². The largest absolute Gasteiger partial charge is 0.339 e. The quantitative estimate of drug-likeness (QED) is 0.693. The first-order chi connectivity index (χ1) is 5.79. The second-order valence-corrected chi connectivity index (χ2v) is 4.71. The smallest absolute Gasteiger partial charge is 0.238 e. The van der Waals surface area contributed by atoms with E-state index in [1.807, 2.05) is 26.8 Å². The monoisotopic (exact) mass is 202 g/mol. The number of alkyl halides is 1. The van der Waals surface area contributed by atoms with E-state index in [2.05, 4.69) is 5.32 Å². The zero-order valence-corrected chi connectivity index (χ0v) is 9.14. The Morgan fingerprint density at radius 1 is 1.54 bits per heavy atom. The lowest BCUT2D eigenvalue weighted by Crippen LogP contribution is -2.45. The summed E-state index contributed by atoms with van der Waals surface area (Å²) in [5.41, 5.74) is -0.268. The van der Waals surface area contributed by atoms with E-state index in [1.165, 1.54) is 0 Å². The Morgan fingerprint density at radius 2 is 2.00 bits per heavy atom. The van der Waals surface area contributed by atoms with Crippen molar-refractivity contribution in [1.29, 1.82) is 5.26 Å². The van der Waals surface area contributed by atoms with Crippen LogP contribution in [0, 0.1) is 16.7 Å². The van der Waals surface area contributed by atoms with Crippen LogP contribution >= 0.6 is 11.6 Å². The van der Waals surface area contributed by atoms with E-state index in [4.69, 9.17) is 16.9 Å². The van der Waals surface area contributed by atoms with Gasteiger partial charge >= 0.3 is 0 Å². The molecule has 0 aromatic heterocycles. The van der Waals surface area contributed by atoms with Crippen molar-refractivity contribution in [3.63, 3.8) is 0 Å². The summed E-state index contributed by atoms with van der Waals surface area (Å²) in [7, 11) is 0. The van der Waals surface area contributed by atoms with E-state index >= 15 is 0 Å². The van der Waals surface area contributed by atoms with Gasteiger partial charge in [0.1, 0.15) is 11.4 Å². The molecule has 0 fully saturated rings. The van der Waals surface area contributed by atoms with Crippen molar-refractivity contribution in [2.45, 2.75) is 39.1 Å². The van der Waals surface area contributed by atoms with Crippen molar-refractivity contribution >= 4 is 17.5 Å². The topological polar surface area (TPSA) is 52.9 Å². The van der Waals surface area contributed by atoms with Gasteiger partial charge in [0.15, 0.2) is 0 Å². The molecule has 1 amide bonds. The highest BCUT2D eigenvalue weighted by atomic mass is 35.5. The van der Waals surface area contributed by atoms with Gasteiger partial charge < -0.3 is 5.32 Å². The third-order valence-corrected chi connectivity index (χ3v) is 1.84. The fourth-order valence-electron chi connectivity index (χ4n) is 0.700. The number of hydrogen-bond acceptors (Lipinski definition) is 2. The molecule has 1 N–H and O–H groups in total. The Morgan fingerprint density at radius 3 is 2.23 bits per heavy atom. The van der Waals surface area contributed by atoms with Gasteiger partial charge in [0.25, 0.3) is 0 Å². The fourth-order valence-corrected chi connectivity index (χ4v) is 0.763. The van der Waals surface area contributed by atoms with E-state index < -0.39 is 11.4 Å². The van der Waals surface area contributed by atoms with E-state index in [0.29, 0.717) is 0 Å². The molecule has 0 radical (unpaired) electrons. The average Bonchev–Trinajstić information content (AvgIpc) is 1.96. The van der Waals surface area contributed by atoms with Crippen LogP contribution in [0.3, 0.4) is 0 Å². The zero-order chi connectivity index (χ0) is 10.6. The van der Waals surface area contributed by atoms with Crippen LogP contribution in [-0.2, 0) is 4.79 Å². The molecule has 2 atom stereocenters. The number of halogens is 1. The number of hydrogen-bond donors (Lipinski definition) is 1. The van der Waals surface area contributed by atoms with Crippen LogP contribution in [0.5, 0.6) is 0 Å². The molecule has 3 nitrogen and oxygen atoms in total. The summed E-state index contributed by atoms with van der Waals surface area (Å²) in [4.78, 5) is 11.2. The number of nitrogens with one attached hydrogen (secondary N) is 1. The maximum atomic E-state index is 11.2. The molecule has 0 bridgehead atoms. The van der Waals surface area contributed by atoms with Gasteiger partial charge in [-0.15, -0.1) is 11.6 Å². The Bertz CT molecular complexity index is 225. The Balaban J connectivity index is 4.34. The molecule has 0 saturated heterocycles. The van der Waals surface area contributed by atoms with Crippen molar-refractivity contribution in [2.24, 2.45) is 5.41 Å². The molecular weight excluding hydrogens is 188 g/mol. The van der Waals surface area contributed by atoms with Crippen LogP contribution < -0.4 is 5.32 Å². The van der Waals surface area contributed by atoms with Gasteiger partial charge in [-0.3, -0.25) is 4.79 Å².